The highest BCUT2D eigenvalue weighted by molar-refractivity contribution is 7.89. The number of nitrogens with zero attached hydrogens (tertiary/aromatic N) is 1. The number of rotatable bonds is 10. The molecule has 1 saturated heterocycles. The van der Waals surface area contributed by atoms with Crippen LogP contribution in [0, 0.1) is 0 Å². The van der Waals surface area contributed by atoms with Gasteiger partial charge in [-0.2, -0.15) is 4.31 Å². The molecule has 1 heterocycles. The Kier molecular flexibility index (Phi) is 9.65. The summed E-state index contributed by atoms with van der Waals surface area (Å²) >= 11 is 12.6. The number of benzene rings is 2. The molecule has 1 amide bonds. The summed E-state index contributed by atoms with van der Waals surface area (Å²) < 4.78 is 33.2. The van der Waals surface area contributed by atoms with Crippen molar-refractivity contribution in [3.63, 3.8) is 0 Å². The zero-order chi connectivity index (χ0) is 24.7. The van der Waals surface area contributed by atoms with E-state index in [0.29, 0.717) is 24.6 Å². The van der Waals surface area contributed by atoms with E-state index in [1.54, 1.807) is 16.4 Å². The molecule has 6 nitrogen and oxygen atoms in total. The third-order valence-corrected chi connectivity index (χ3v) is 8.55. The van der Waals surface area contributed by atoms with Gasteiger partial charge in [0.2, 0.25) is 10.0 Å². The highest BCUT2D eigenvalue weighted by Crippen LogP contribution is 2.35. The molecule has 186 valence electrons. The second-order valence-corrected chi connectivity index (χ2v) is 11.3. The van der Waals surface area contributed by atoms with Crippen molar-refractivity contribution in [3.8, 4) is 5.75 Å². The summed E-state index contributed by atoms with van der Waals surface area (Å²) in [6.07, 6.45) is 7.04. The first kappa shape index (κ1) is 26.8. The van der Waals surface area contributed by atoms with Crippen LogP contribution in [0.25, 0.3) is 0 Å². The van der Waals surface area contributed by atoms with Crippen LogP contribution in [0.1, 0.15) is 69.2 Å². The quantitative estimate of drug-likeness (QED) is 0.346. The molecule has 1 atom stereocenters. The number of amides is 1. The van der Waals surface area contributed by atoms with Crippen molar-refractivity contribution in [2.45, 2.75) is 69.7 Å². The summed E-state index contributed by atoms with van der Waals surface area (Å²) in [5.41, 5.74) is 0.756. The van der Waals surface area contributed by atoms with Crippen molar-refractivity contribution in [1.29, 1.82) is 0 Å². The van der Waals surface area contributed by atoms with Gasteiger partial charge in [-0.1, -0.05) is 55.8 Å². The summed E-state index contributed by atoms with van der Waals surface area (Å²) in [5, 5.41) is 3.30. The topological polar surface area (TPSA) is 75.7 Å². The van der Waals surface area contributed by atoms with Crippen molar-refractivity contribution in [2.24, 2.45) is 0 Å². The molecule has 3 rings (SSSR count). The maximum atomic E-state index is 13.0. The van der Waals surface area contributed by atoms with Crippen LogP contribution in [0.4, 0.5) is 5.69 Å². The molecule has 1 N–H and O–H groups in total. The van der Waals surface area contributed by atoms with E-state index in [2.05, 4.69) is 12.2 Å². The minimum Gasteiger partial charge on any atom is -0.490 e. The molecule has 1 unspecified atom stereocenters. The maximum absolute atomic E-state index is 13.0. The number of halogens is 2. The fraction of sp³-hybridized carbons (Fsp3) is 0.480. The highest BCUT2D eigenvalue weighted by atomic mass is 35.5. The van der Waals surface area contributed by atoms with Gasteiger partial charge in [-0.15, -0.1) is 0 Å². The van der Waals surface area contributed by atoms with E-state index in [1.165, 1.54) is 24.3 Å². The van der Waals surface area contributed by atoms with Crippen LogP contribution in [0.5, 0.6) is 5.75 Å². The normalized spacial score (nSPS) is 16.9. The maximum Gasteiger partial charge on any atom is 0.255 e. The molecule has 0 saturated carbocycles. The number of carbonyl (C=O) groups excluding carboxylic acids is 1. The molecule has 1 fully saturated rings. The second-order valence-electron chi connectivity index (χ2n) is 8.62. The molecule has 1 aliphatic heterocycles. The Morgan fingerprint density at radius 2 is 1.76 bits per heavy atom. The van der Waals surface area contributed by atoms with Crippen LogP contribution in [-0.2, 0) is 10.0 Å². The molecule has 0 radical (unpaired) electrons. The third kappa shape index (κ3) is 6.66. The van der Waals surface area contributed by atoms with E-state index in [4.69, 9.17) is 27.9 Å². The molecular formula is C25H32Cl2N2O4S. The Bertz CT molecular complexity index is 1070. The van der Waals surface area contributed by atoms with E-state index in [9.17, 15) is 13.2 Å². The summed E-state index contributed by atoms with van der Waals surface area (Å²) in [5.74, 6) is -0.0311. The number of carbonyl (C=O) groups is 1. The minimum atomic E-state index is -3.57. The first-order valence-electron chi connectivity index (χ1n) is 11.8. The van der Waals surface area contributed by atoms with E-state index in [1.807, 2.05) is 6.92 Å². The highest BCUT2D eigenvalue weighted by Gasteiger charge is 2.30. The summed E-state index contributed by atoms with van der Waals surface area (Å²) in [7, 11) is -3.57. The molecule has 2 aromatic rings. The standard InChI is InChI=1S/C25H32Cl2N2O4S/c1-3-4-5-8-15-33-24-22(26)16-19(17-23(24)27)25(30)28-20-10-12-21(13-11-20)34(31,32)29-14-7-6-9-18(29)2/h10-13,16-18H,3-9,14-15H2,1-2H3,(H,28,30). The van der Waals surface area contributed by atoms with Gasteiger partial charge in [0.05, 0.1) is 21.5 Å². The Morgan fingerprint density at radius 3 is 2.38 bits per heavy atom. The average Bonchev–Trinajstić information content (AvgIpc) is 2.80. The Hall–Kier alpha value is -1.80. The van der Waals surface area contributed by atoms with Crippen LogP contribution in [0.15, 0.2) is 41.3 Å². The summed E-state index contributed by atoms with van der Waals surface area (Å²) in [4.78, 5) is 13.0. The Labute approximate surface area is 212 Å². The summed E-state index contributed by atoms with van der Waals surface area (Å²) in [6, 6.07) is 9.20. The fourth-order valence-electron chi connectivity index (χ4n) is 4.01. The van der Waals surface area contributed by atoms with Crippen molar-refractivity contribution in [1.82, 2.24) is 4.31 Å². The lowest BCUT2D eigenvalue weighted by molar-refractivity contribution is 0.102. The number of hydrogen-bond donors (Lipinski definition) is 1. The molecule has 0 bridgehead atoms. The van der Waals surface area contributed by atoms with E-state index >= 15 is 0 Å². The van der Waals surface area contributed by atoms with Crippen LogP contribution in [-0.4, -0.2) is 37.8 Å². The van der Waals surface area contributed by atoms with Crippen molar-refractivity contribution in [3.05, 3.63) is 52.0 Å². The van der Waals surface area contributed by atoms with E-state index < -0.39 is 15.9 Å². The minimum absolute atomic E-state index is 0.0177. The zero-order valence-electron chi connectivity index (χ0n) is 19.6. The SMILES string of the molecule is CCCCCCOc1c(Cl)cc(C(=O)Nc2ccc(S(=O)(=O)N3CCCCC3C)cc2)cc1Cl. The van der Waals surface area contributed by atoms with Gasteiger partial charge in [0, 0.05) is 23.8 Å². The number of piperidine rings is 1. The third-order valence-electron chi connectivity index (χ3n) is 5.97. The second kappa shape index (κ2) is 12.2. The Morgan fingerprint density at radius 1 is 1.09 bits per heavy atom. The number of hydrogen-bond acceptors (Lipinski definition) is 4. The van der Waals surface area contributed by atoms with Gasteiger partial charge < -0.3 is 10.1 Å². The van der Waals surface area contributed by atoms with Crippen molar-refractivity contribution >= 4 is 44.8 Å². The number of anilines is 1. The van der Waals surface area contributed by atoms with Gasteiger partial charge in [0.25, 0.3) is 5.91 Å². The molecule has 0 aliphatic carbocycles. The number of sulfonamides is 1. The lowest BCUT2D eigenvalue weighted by atomic mass is 10.1. The van der Waals surface area contributed by atoms with Crippen molar-refractivity contribution < 1.29 is 17.9 Å². The van der Waals surface area contributed by atoms with Crippen LogP contribution in [0.3, 0.4) is 0 Å². The first-order chi connectivity index (χ1) is 16.2. The van der Waals surface area contributed by atoms with Crippen molar-refractivity contribution in [2.75, 3.05) is 18.5 Å². The molecule has 0 aromatic heterocycles. The lowest BCUT2D eigenvalue weighted by Crippen LogP contribution is -2.41. The molecular weight excluding hydrogens is 495 g/mol. The average molecular weight is 528 g/mol. The smallest absolute Gasteiger partial charge is 0.255 e. The largest absolute Gasteiger partial charge is 0.490 e. The fourth-order valence-corrected chi connectivity index (χ4v) is 6.31. The van der Waals surface area contributed by atoms with Gasteiger partial charge in [0.1, 0.15) is 0 Å². The number of ether oxygens (including phenoxy) is 1. The number of unbranched alkanes of at least 4 members (excludes halogenated alkanes) is 3. The monoisotopic (exact) mass is 526 g/mol. The molecule has 0 spiro atoms. The number of nitrogens with one attached hydrogen (secondary N) is 1. The zero-order valence-corrected chi connectivity index (χ0v) is 22.0. The predicted octanol–water partition coefficient (Wildman–Crippen LogP) is 6.77. The van der Waals surface area contributed by atoms with Gasteiger partial charge >= 0.3 is 0 Å². The predicted molar refractivity (Wildman–Crippen MR) is 138 cm³/mol. The van der Waals surface area contributed by atoms with E-state index in [-0.39, 0.29) is 26.5 Å². The van der Waals surface area contributed by atoms with Crippen LogP contribution < -0.4 is 10.1 Å². The lowest BCUT2D eigenvalue weighted by Gasteiger charge is -2.32. The summed E-state index contributed by atoms with van der Waals surface area (Å²) in [6.45, 7) is 5.12. The van der Waals surface area contributed by atoms with Gasteiger partial charge in [-0.3, -0.25) is 4.79 Å². The first-order valence-corrected chi connectivity index (χ1v) is 14.0. The molecule has 34 heavy (non-hydrogen) atoms. The molecule has 1 aliphatic rings. The van der Waals surface area contributed by atoms with Crippen LogP contribution in [0.2, 0.25) is 10.0 Å². The molecule has 9 heteroatoms. The molecule has 2 aromatic carbocycles. The van der Waals surface area contributed by atoms with E-state index in [0.717, 1.165) is 44.9 Å². The Balaban J connectivity index is 1.65. The van der Waals surface area contributed by atoms with Gasteiger partial charge in [0.15, 0.2) is 5.75 Å². The van der Waals surface area contributed by atoms with Gasteiger partial charge in [-0.25, -0.2) is 8.42 Å². The van der Waals surface area contributed by atoms with Crippen LogP contribution >= 0.6 is 23.2 Å². The van der Waals surface area contributed by atoms with Gasteiger partial charge in [-0.05, 0) is 62.6 Å².